The Morgan fingerprint density at radius 2 is 1.84 bits per heavy atom. The Bertz CT molecular complexity index is 394. The minimum Gasteiger partial charge on any atom is -0.350 e. The summed E-state index contributed by atoms with van der Waals surface area (Å²) in [5, 5.41) is 10.5. The second kappa shape index (κ2) is 7.04. The fourth-order valence-electron chi connectivity index (χ4n) is 2.07. The van der Waals surface area contributed by atoms with Gasteiger partial charge in [-0.05, 0) is 29.9 Å². The normalized spacial score (nSPS) is 11.2. The minimum absolute atomic E-state index is 0.206. The van der Waals surface area contributed by atoms with Crippen molar-refractivity contribution in [3.8, 4) is 0 Å². The molecule has 1 amide bonds. The molecule has 6 nitrogen and oxygen atoms in total. The van der Waals surface area contributed by atoms with Crippen LogP contribution in [0, 0.1) is 17.8 Å². The predicted molar refractivity (Wildman–Crippen MR) is 75.3 cm³/mol. The molecule has 0 aromatic carbocycles. The first-order chi connectivity index (χ1) is 8.95. The van der Waals surface area contributed by atoms with E-state index in [1.807, 2.05) is 0 Å². The van der Waals surface area contributed by atoms with Crippen molar-refractivity contribution in [1.82, 2.24) is 15.5 Å². The molecule has 0 aliphatic rings. The highest BCUT2D eigenvalue weighted by Gasteiger charge is 2.19. The average Bonchev–Trinajstić information content (AvgIpc) is 2.38. The number of aromatic nitrogens is 2. The fourth-order valence-corrected chi connectivity index (χ4v) is 2.07. The first-order valence-electron chi connectivity index (χ1n) is 6.54. The van der Waals surface area contributed by atoms with Crippen LogP contribution in [0.2, 0.25) is 0 Å². The third-order valence-corrected chi connectivity index (χ3v) is 3.26. The number of hydrogen-bond acceptors (Lipinski definition) is 5. The maximum atomic E-state index is 11.9. The van der Waals surface area contributed by atoms with Gasteiger partial charge in [0.2, 0.25) is 0 Å². The van der Waals surface area contributed by atoms with Crippen molar-refractivity contribution < 1.29 is 4.79 Å². The van der Waals surface area contributed by atoms with Gasteiger partial charge in [-0.15, -0.1) is 10.2 Å². The zero-order valence-corrected chi connectivity index (χ0v) is 12.0. The molecule has 4 N–H and O–H groups in total. The van der Waals surface area contributed by atoms with E-state index in [2.05, 4.69) is 48.6 Å². The first kappa shape index (κ1) is 15.4. The number of nitrogens with zero attached hydrogens (tertiary/aromatic N) is 2. The lowest BCUT2D eigenvalue weighted by Crippen LogP contribution is -2.34. The van der Waals surface area contributed by atoms with Crippen molar-refractivity contribution in [3.05, 3.63) is 17.8 Å². The average molecular weight is 265 g/mol. The van der Waals surface area contributed by atoms with Gasteiger partial charge in [-0.3, -0.25) is 4.79 Å². The summed E-state index contributed by atoms with van der Waals surface area (Å²) in [6.45, 7) is 9.31. The molecule has 0 fully saturated rings. The van der Waals surface area contributed by atoms with E-state index in [1.165, 1.54) is 0 Å². The quantitative estimate of drug-likeness (QED) is 0.534. The number of hydrogen-bond donors (Lipinski definition) is 3. The van der Waals surface area contributed by atoms with Gasteiger partial charge in [0.05, 0.1) is 0 Å². The van der Waals surface area contributed by atoms with Crippen LogP contribution in [0.3, 0.4) is 0 Å². The van der Waals surface area contributed by atoms with Crippen LogP contribution in [0.15, 0.2) is 12.1 Å². The Morgan fingerprint density at radius 1 is 1.21 bits per heavy atom. The van der Waals surface area contributed by atoms with Crippen molar-refractivity contribution in [2.45, 2.75) is 27.7 Å². The third kappa shape index (κ3) is 4.48. The monoisotopic (exact) mass is 265 g/mol. The first-order valence-corrected chi connectivity index (χ1v) is 6.54. The topological polar surface area (TPSA) is 92.9 Å². The molecule has 0 atom stereocenters. The van der Waals surface area contributed by atoms with Crippen LogP contribution in [0.5, 0.6) is 0 Å². The SMILES string of the molecule is CC(C)C(CNC(=O)c1ccc(NN)nn1)C(C)C. The van der Waals surface area contributed by atoms with Crippen molar-refractivity contribution in [1.29, 1.82) is 0 Å². The molecule has 0 aliphatic heterocycles. The fraction of sp³-hybridized carbons (Fsp3) is 0.615. The maximum Gasteiger partial charge on any atom is 0.271 e. The zero-order valence-electron chi connectivity index (χ0n) is 12.0. The van der Waals surface area contributed by atoms with E-state index in [4.69, 9.17) is 5.84 Å². The predicted octanol–water partition coefficient (Wildman–Crippen LogP) is 1.42. The molecule has 0 unspecified atom stereocenters. The second-order valence-electron chi connectivity index (χ2n) is 5.31. The molecule has 1 heterocycles. The molecule has 1 rings (SSSR count). The van der Waals surface area contributed by atoms with Gasteiger partial charge in [-0.1, -0.05) is 27.7 Å². The molecule has 0 bridgehead atoms. The Labute approximate surface area is 114 Å². The molecule has 19 heavy (non-hydrogen) atoms. The summed E-state index contributed by atoms with van der Waals surface area (Å²) in [5.74, 6) is 6.90. The van der Waals surface area contributed by atoms with Crippen LogP contribution < -0.4 is 16.6 Å². The van der Waals surface area contributed by atoms with Crippen LogP contribution >= 0.6 is 0 Å². The van der Waals surface area contributed by atoms with Crippen LogP contribution in [-0.4, -0.2) is 22.6 Å². The van der Waals surface area contributed by atoms with Crippen LogP contribution in [-0.2, 0) is 0 Å². The van der Waals surface area contributed by atoms with E-state index in [0.29, 0.717) is 35.8 Å². The highest BCUT2D eigenvalue weighted by molar-refractivity contribution is 5.92. The Kier molecular flexibility index (Phi) is 5.69. The summed E-state index contributed by atoms with van der Waals surface area (Å²) in [6, 6.07) is 3.21. The maximum absolute atomic E-state index is 11.9. The smallest absolute Gasteiger partial charge is 0.271 e. The summed E-state index contributed by atoms with van der Waals surface area (Å²) in [6.07, 6.45) is 0. The van der Waals surface area contributed by atoms with Crippen molar-refractivity contribution in [2.75, 3.05) is 12.0 Å². The molecule has 0 radical (unpaired) electrons. The number of carbonyl (C=O) groups is 1. The zero-order chi connectivity index (χ0) is 14.4. The molecular formula is C13H23N5O. The number of anilines is 1. The molecule has 0 saturated carbocycles. The number of nitrogens with one attached hydrogen (secondary N) is 2. The lowest BCUT2D eigenvalue weighted by Gasteiger charge is -2.24. The lowest BCUT2D eigenvalue weighted by atomic mass is 9.85. The van der Waals surface area contributed by atoms with Crippen LogP contribution in [0.4, 0.5) is 5.82 Å². The summed E-state index contributed by atoms with van der Waals surface area (Å²) in [5.41, 5.74) is 2.66. The van der Waals surface area contributed by atoms with E-state index in [9.17, 15) is 4.79 Å². The van der Waals surface area contributed by atoms with E-state index in [1.54, 1.807) is 12.1 Å². The molecule has 0 spiro atoms. The number of nitrogen functional groups attached to an aromatic ring is 1. The van der Waals surface area contributed by atoms with Gasteiger partial charge in [0.15, 0.2) is 11.5 Å². The van der Waals surface area contributed by atoms with E-state index in [0.717, 1.165) is 0 Å². The Hall–Kier alpha value is -1.69. The molecule has 1 aromatic rings. The lowest BCUT2D eigenvalue weighted by molar-refractivity contribution is 0.0931. The van der Waals surface area contributed by atoms with Crippen LogP contribution in [0.1, 0.15) is 38.2 Å². The van der Waals surface area contributed by atoms with Gasteiger partial charge in [0, 0.05) is 6.54 Å². The van der Waals surface area contributed by atoms with Crippen molar-refractivity contribution >= 4 is 11.7 Å². The number of amides is 1. The second-order valence-corrected chi connectivity index (χ2v) is 5.31. The van der Waals surface area contributed by atoms with Gasteiger partial charge in [0.25, 0.3) is 5.91 Å². The van der Waals surface area contributed by atoms with Gasteiger partial charge in [-0.25, -0.2) is 5.84 Å². The van der Waals surface area contributed by atoms with Gasteiger partial charge >= 0.3 is 0 Å². The van der Waals surface area contributed by atoms with Crippen molar-refractivity contribution in [2.24, 2.45) is 23.6 Å². The molecule has 106 valence electrons. The number of carbonyl (C=O) groups excluding carboxylic acids is 1. The van der Waals surface area contributed by atoms with E-state index >= 15 is 0 Å². The van der Waals surface area contributed by atoms with Crippen LogP contribution in [0.25, 0.3) is 0 Å². The number of hydrazine groups is 1. The van der Waals surface area contributed by atoms with E-state index in [-0.39, 0.29) is 5.91 Å². The van der Waals surface area contributed by atoms with Gasteiger partial charge < -0.3 is 10.7 Å². The number of nitrogens with two attached hydrogens (primary N) is 1. The Balaban J connectivity index is 2.58. The molecule has 1 aromatic heterocycles. The van der Waals surface area contributed by atoms with Gasteiger partial charge in [0.1, 0.15) is 0 Å². The highest BCUT2D eigenvalue weighted by atomic mass is 16.1. The minimum atomic E-state index is -0.206. The summed E-state index contributed by atoms with van der Waals surface area (Å²) in [4.78, 5) is 11.9. The highest BCUT2D eigenvalue weighted by Crippen LogP contribution is 2.19. The largest absolute Gasteiger partial charge is 0.350 e. The molecule has 0 saturated heterocycles. The van der Waals surface area contributed by atoms with Gasteiger partial charge in [-0.2, -0.15) is 0 Å². The Morgan fingerprint density at radius 3 is 2.26 bits per heavy atom. The molecule has 6 heteroatoms. The summed E-state index contributed by atoms with van der Waals surface area (Å²) < 4.78 is 0. The van der Waals surface area contributed by atoms with Crippen molar-refractivity contribution in [3.63, 3.8) is 0 Å². The van der Waals surface area contributed by atoms with E-state index < -0.39 is 0 Å². The standard InChI is InChI=1S/C13H23N5O/c1-8(2)10(9(3)4)7-15-13(19)11-5-6-12(16-14)18-17-11/h5-6,8-10H,7,14H2,1-4H3,(H,15,19)(H,16,18). The molecular weight excluding hydrogens is 242 g/mol. The third-order valence-electron chi connectivity index (χ3n) is 3.26. The number of rotatable bonds is 6. The summed E-state index contributed by atoms with van der Waals surface area (Å²) in [7, 11) is 0. The molecule has 0 aliphatic carbocycles. The summed E-state index contributed by atoms with van der Waals surface area (Å²) >= 11 is 0.